The minimum Gasteiger partial charge on any atom is -0.495 e. The first-order valence-corrected chi connectivity index (χ1v) is 8.47. The fraction of sp³-hybridized carbons (Fsp3) is 0.529. The summed E-state index contributed by atoms with van der Waals surface area (Å²) in [5.74, 6) is 7.55. The first-order valence-electron chi connectivity index (χ1n) is 7.08. The van der Waals surface area contributed by atoms with E-state index in [2.05, 4.69) is 43.0 Å². The number of hydrogen-bond donors (Lipinski definition) is 1. The maximum Gasteiger partial charge on any atom is 0.134 e. The summed E-state index contributed by atoms with van der Waals surface area (Å²) in [4.78, 5) is 2.35. The molecular weight excluding hydrogens is 282 g/mol. The van der Waals surface area contributed by atoms with Gasteiger partial charge >= 0.3 is 0 Å². The second kappa shape index (κ2) is 9.73. The van der Waals surface area contributed by atoms with Gasteiger partial charge in [-0.2, -0.15) is 11.8 Å². The van der Waals surface area contributed by atoms with Crippen molar-refractivity contribution in [2.24, 2.45) is 0 Å². The number of hydrogen-bond acceptors (Lipinski definition) is 4. The molecule has 0 saturated heterocycles. The van der Waals surface area contributed by atoms with Gasteiger partial charge in [0.05, 0.1) is 12.7 Å². The van der Waals surface area contributed by atoms with Crippen LogP contribution in [0.5, 0.6) is 5.75 Å². The number of methoxy groups -OCH3 is 1. The minimum absolute atomic E-state index is 0.140. The molecule has 1 aromatic carbocycles. The van der Waals surface area contributed by atoms with Crippen LogP contribution >= 0.6 is 11.8 Å². The fourth-order valence-electron chi connectivity index (χ4n) is 2.04. The molecule has 0 saturated carbocycles. The lowest BCUT2D eigenvalue weighted by Gasteiger charge is -2.24. The first kappa shape index (κ1) is 17.9. The van der Waals surface area contributed by atoms with Gasteiger partial charge in [-0.1, -0.05) is 17.9 Å². The number of thioether (sulfide) groups is 1. The van der Waals surface area contributed by atoms with E-state index in [1.165, 1.54) is 17.7 Å². The molecule has 21 heavy (non-hydrogen) atoms. The largest absolute Gasteiger partial charge is 0.495 e. The molecule has 0 amide bonds. The highest BCUT2D eigenvalue weighted by Gasteiger charge is 2.10. The number of aliphatic hydroxyl groups excluding tert-OH is 1. The Kier molecular flexibility index (Phi) is 8.29. The smallest absolute Gasteiger partial charge is 0.134 e. The van der Waals surface area contributed by atoms with Crippen molar-refractivity contribution < 1.29 is 9.84 Å². The zero-order valence-electron chi connectivity index (χ0n) is 13.3. The molecule has 0 aromatic heterocycles. The van der Waals surface area contributed by atoms with Crippen molar-refractivity contribution in [3.8, 4) is 17.6 Å². The lowest BCUT2D eigenvalue weighted by molar-refractivity contribution is 0.245. The highest BCUT2D eigenvalue weighted by Crippen LogP contribution is 2.20. The Morgan fingerprint density at radius 1 is 1.43 bits per heavy atom. The lowest BCUT2D eigenvalue weighted by Crippen LogP contribution is -2.29. The van der Waals surface area contributed by atoms with Gasteiger partial charge in [0, 0.05) is 12.6 Å². The summed E-state index contributed by atoms with van der Waals surface area (Å²) >= 11 is 1.88. The van der Waals surface area contributed by atoms with E-state index in [0.717, 1.165) is 17.9 Å². The second-order valence-corrected chi connectivity index (χ2v) is 6.03. The predicted molar refractivity (Wildman–Crippen MR) is 90.9 cm³/mol. The van der Waals surface area contributed by atoms with Crippen LogP contribution in [0, 0.1) is 11.8 Å². The molecule has 0 heterocycles. The molecule has 1 N–H and O–H groups in total. The molecule has 0 radical (unpaired) electrons. The highest BCUT2D eigenvalue weighted by atomic mass is 32.2. The zero-order chi connectivity index (χ0) is 15.7. The van der Waals surface area contributed by atoms with Gasteiger partial charge in [0.15, 0.2) is 0 Å². The van der Waals surface area contributed by atoms with Gasteiger partial charge in [-0.05, 0) is 50.1 Å². The van der Waals surface area contributed by atoms with Crippen molar-refractivity contribution in [2.45, 2.75) is 25.9 Å². The van der Waals surface area contributed by atoms with Crippen LogP contribution in [0.25, 0.3) is 0 Å². The van der Waals surface area contributed by atoms with Gasteiger partial charge < -0.3 is 9.84 Å². The molecule has 1 atom stereocenters. The first-order chi connectivity index (χ1) is 10.1. The fourth-order valence-corrected chi connectivity index (χ4v) is 2.62. The van der Waals surface area contributed by atoms with E-state index in [1.807, 2.05) is 23.9 Å². The van der Waals surface area contributed by atoms with Crippen LogP contribution in [0.2, 0.25) is 0 Å². The quantitative estimate of drug-likeness (QED) is 0.785. The Balaban J connectivity index is 2.79. The van der Waals surface area contributed by atoms with E-state index in [-0.39, 0.29) is 6.61 Å². The van der Waals surface area contributed by atoms with Crippen LogP contribution < -0.4 is 4.74 Å². The van der Waals surface area contributed by atoms with E-state index in [1.54, 1.807) is 7.11 Å². The van der Waals surface area contributed by atoms with Crippen molar-refractivity contribution in [2.75, 3.05) is 32.8 Å². The summed E-state index contributed by atoms with van der Waals surface area (Å²) in [6.07, 6.45) is 3.33. The number of nitrogens with zero attached hydrogens (tertiary/aromatic N) is 1. The minimum atomic E-state index is -0.140. The average molecular weight is 307 g/mol. The maximum atomic E-state index is 8.84. The maximum absolute atomic E-state index is 8.84. The molecule has 1 rings (SSSR count). The summed E-state index contributed by atoms with van der Waals surface area (Å²) in [7, 11) is 3.78. The Hall–Kier alpha value is -1.15. The Morgan fingerprint density at radius 3 is 2.81 bits per heavy atom. The molecule has 0 spiro atoms. The SMILES string of the molecule is COc1ccc(CN(C)C(C)CCSC)cc1C#CCO. The molecular formula is C17H25NO2S. The Bertz CT molecular complexity index is 493. The van der Waals surface area contributed by atoms with Gasteiger partial charge in [0.25, 0.3) is 0 Å². The van der Waals surface area contributed by atoms with Crippen LogP contribution in [0.15, 0.2) is 18.2 Å². The highest BCUT2D eigenvalue weighted by molar-refractivity contribution is 7.98. The monoisotopic (exact) mass is 307 g/mol. The summed E-state index contributed by atoms with van der Waals surface area (Å²) in [5, 5.41) is 8.84. The van der Waals surface area contributed by atoms with Gasteiger partial charge in [0.2, 0.25) is 0 Å². The van der Waals surface area contributed by atoms with Crippen LogP contribution in [0.3, 0.4) is 0 Å². The molecule has 4 heteroatoms. The normalized spacial score (nSPS) is 11.9. The molecule has 0 fully saturated rings. The van der Waals surface area contributed by atoms with E-state index >= 15 is 0 Å². The lowest BCUT2D eigenvalue weighted by atomic mass is 10.1. The predicted octanol–water partition coefficient (Wildman–Crippen LogP) is 2.61. The van der Waals surface area contributed by atoms with Gasteiger partial charge in [-0.3, -0.25) is 4.90 Å². The van der Waals surface area contributed by atoms with E-state index in [9.17, 15) is 0 Å². The number of rotatable bonds is 7. The van der Waals surface area contributed by atoms with Crippen molar-refractivity contribution >= 4 is 11.8 Å². The third kappa shape index (κ3) is 6.01. The van der Waals surface area contributed by atoms with E-state index < -0.39 is 0 Å². The third-order valence-corrected chi connectivity index (χ3v) is 4.13. The van der Waals surface area contributed by atoms with Crippen LogP contribution in [0.4, 0.5) is 0 Å². The molecule has 116 valence electrons. The molecule has 0 aliphatic carbocycles. The van der Waals surface area contributed by atoms with Gasteiger partial charge in [0.1, 0.15) is 12.4 Å². The van der Waals surface area contributed by atoms with Crippen molar-refractivity contribution in [1.29, 1.82) is 0 Å². The van der Waals surface area contributed by atoms with Crippen molar-refractivity contribution in [3.05, 3.63) is 29.3 Å². The Morgan fingerprint density at radius 2 is 2.19 bits per heavy atom. The van der Waals surface area contributed by atoms with E-state index in [4.69, 9.17) is 9.84 Å². The standard InChI is InChI=1S/C17H25NO2S/c1-14(9-11-21-4)18(2)13-15-7-8-17(20-3)16(12-15)6-5-10-19/h7-8,12,14,19H,9-11,13H2,1-4H3. The van der Waals surface area contributed by atoms with Crippen molar-refractivity contribution in [1.82, 2.24) is 4.90 Å². The molecule has 0 bridgehead atoms. The van der Waals surface area contributed by atoms with Crippen LogP contribution in [-0.4, -0.2) is 48.8 Å². The summed E-state index contributed by atoms with van der Waals surface area (Å²) in [5.41, 5.74) is 2.03. The molecule has 0 aliphatic rings. The second-order valence-electron chi connectivity index (χ2n) is 5.04. The summed E-state index contributed by atoms with van der Waals surface area (Å²) in [6.45, 7) is 3.00. The van der Waals surface area contributed by atoms with Crippen LogP contribution in [0.1, 0.15) is 24.5 Å². The number of aliphatic hydroxyl groups is 1. The Labute approximate surface area is 132 Å². The molecule has 1 unspecified atom stereocenters. The third-order valence-electron chi connectivity index (χ3n) is 3.49. The molecule has 3 nitrogen and oxygen atoms in total. The van der Waals surface area contributed by atoms with Crippen molar-refractivity contribution in [3.63, 3.8) is 0 Å². The zero-order valence-corrected chi connectivity index (χ0v) is 14.2. The summed E-state index contributed by atoms with van der Waals surface area (Å²) < 4.78 is 5.30. The number of ether oxygens (including phenoxy) is 1. The van der Waals surface area contributed by atoms with E-state index in [0.29, 0.717) is 6.04 Å². The number of benzene rings is 1. The van der Waals surface area contributed by atoms with Gasteiger partial charge in [-0.15, -0.1) is 0 Å². The molecule has 1 aromatic rings. The summed E-state index contributed by atoms with van der Waals surface area (Å²) in [6, 6.07) is 6.60. The van der Waals surface area contributed by atoms with Gasteiger partial charge in [-0.25, -0.2) is 0 Å². The van der Waals surface area contributed by atoms with Crippen LogP contribution in [-0.2, 0) is 6.54 Å². The molecule has 0 aliphatic heterocycles. The topological polar surface area (TPSA) is 32.7 Å². The average Bonchev–Trinajstić information content (AvgIpc) is 2.50.